The molecule has 0 fully saturated rings. The Hall–Kier alpha value is -2.89. The van der Waals surface area contributed by atoms with Gasteiger partial charge in [-0.1, -0.05) is 0 Å². The molecule has 0 aliphatic heterocycles. The van der Waals surface area contributed by atoms with E-state index in [-0.39, 0.29) is 22.4 Å². The van der Waals surface area contributed by atoms with Gasteiger partial charge in [0.15, 0.2) is 9.84 Å². The Morgan fingerprint density at radius 2 is 1.89 bits per heavy atom. The second-order valence-corrected chi connectivity index (χ2v) is 8.09. The Morgan fingerprint density at radius 3 is 2.41 bits per heavy atom. The summed E-state index contributed by atoms with van der Waals surface area (Å²) in [5.41, 5.74) is -3.90. The van der Waals surface area contributed by atoms with Crippen molar-refractivity contribution in [2.75, 3.05) is 6.26 Å². The Balaban J connectivity index is 2.43. The van der Waals surface area contributed by atoms with E-state index in [4.69, 9.17) is 0 Å². The lowest BCUT2D eigenvalue weighted by molar-refractivity contribution is -0.137. The van der Waals surface area contributed by atoms with Gasteiger partial charge in [-0.2, -0.15) is 13.2 Å². The number of aromatic nitrogens is 4. The van der Waals surface area contributed by atoms with Crippen LogP contribution in [0.25, 0.3) is 16.6 Å². The molecule has 0 aliphatic carbocycles. The van der Waals surface area contributed by atoms with Crippen LogP contribution in [0.3, 0.4) is 0 Å². The number of hydrogen-bond donors (Lipinski definition) is 1. The fraction of sp³-hybridized carbons (Fsp3) is 0.267. The summed E-state index contributed by atoms with van der Waals surface area (Å²) in [5, 5.41) is -0.255. The topological polar surface area (TPSA) is 107 Å². The summed E-state index contributed by atoms with van der Waals surface area (Å²) < 4.78 is 65.0. The molecule has 0 unspecified atom stereocenters. The van der Waals surface area contributed by atoms with Crippen LogP contribution < -0.4 is 11.2 Å². The largest absolute Gasteiger partial charge is 0.418 e. The highest BCUT2D eigenvalue weighted by molar-refractivity contribution is 7.89. The molecule has 0 saturated carbocycles. The van der Waals surface area contributed by atoms with Crippen molar-refractivity contribution in [3.63, 3.8) is 0 Å². The Kier molecular flexibility index (Phi) is 4.25. The van der Waals surface area contributed by atoms with E-state index < -0.39 is 38.7 Å². The number of benzene rings is 1. The van der Waals surface area contributed by atoms with Crippen LogP contribution >= 0.6 is 0 Å². The van der Waals surface area contributed by atoms with Crippen LogP contribution in [0.5, 0.6) is 0 Å². The molecule has 1 aromatic carbocycles. The van der Waals surface area contributed by atoms with E-state index in [0.717, 1.165) is 16.9 Å². The van der Waals surface area contributed by atoms with Gasteiger partial charge < -0.3 is 9.55 Å². The normalized spacial score (nSPS) is 12.6. The zero-order valence-corrected chi connectivity index (χ0v) is 14.8. The summed E-state index contributed by atoms with van der Waals surface area (Å²) in [6, 6.07) is 1.61. The van der Waals surface area contributed by atoms with Crippen LogP contribution in [0, 0.1) is 6.92 Å². The SMILES string of the molecule is Cc1nccn1-c1cc2c(=O)n(CS(C)(=O)=O)c(=O)[nH]c2cc1C(F)(F)F. The molecule has 0 bridgehead atoms. The lowest BCUT2D eigenvalue weighted by Crippen LogP contribution is -2.37. The standard InChI is InChI=1S/C15H13F3N4O4S/c1-8-19-3-4-21(8)12-5-9-11(6-10(12)15(16,17)18)20-14(24)22(13(9)23)7-27(2,25)26/h3-6H,7H2,1-2H3,(H,20,24). The van der Waals surface area contributed by atoms with Gasteiger partial charge >= 0.3 is 11.9 Å². The molecule has 1 N–H and O–H groups in total. The number of aryl methyl sites for hydroxylation is 1. The van der Waals surface area contributed by atoms with E-state index in [2.05, 4.69) is 9.97 Å². The quantitative estimate of drug-likeness (QED) is 0.709. The number of nitrogens with zero attached hydrogens (tertiary/aromatic N) is 3. The Bertz CT molecular complexity index is 1270. The number of halogens is 3. The first-order valence-electron chi connectivity index (χ1n) is 7.44. The molecule has 0 radical (unpaired) electrons. The van der Waals surface area contributed by atoms with Crippen LogP contribution in [0.4, 0.5) is 13.2 Å². The van der Waals surface area contributed by atoms with E-state index in [9.17, 15) is 31.2 Å². The average molecular weight is 402 g/mol. The molecular formula is C15H13F3N4O4S. The first-order valence-corrected chi connectivity index (χ1v) is 9.50. The minimum Gasteiger partial charge on any atom is -0.307 e. The van der Waals surface area contributed by atoms with Crippen LogP contribution in [0.1, 0.15) is 11.4 Å². The van der Waals surface area contributed by atoms with Crippen molar-refractivity contribution in [1.82, 2.24) is 19.1 Å². The molecule has 0 spiro atoms. The number of rotatable bonds is 3. The third kappa shape index (κ3) is 3.52. The van der Waals surface area contributed by atoms with Gasteiger partial charge in [0, 0.05) is 18.6 Å². The maximum absolute atomic E-state index is 13.5. The van der Waals surface area contributed by atoms with Gasteiger partial charge in [-0.15, -0.1) is 0 Å². The maximum Gasteiger partial charge on any atom is 0.418 e. The fourth-order valence-corrected chi connectivity index (χ4v) is 3.40. The van der Waals surface area contributed by atoms with Gasteiger partial charge in [0.25, 0.3) is 5.56 Å². The van der Waals surface area contributed by atoms with Gasteiger partial charge in [0.05, 0.1) is 22.2 Å². The highest BCUT2D eigenvalue weighted by Gasteiger charge is 2.35. The summed E-state index contributed by atoms with van der Waals surface area (Å²) in [6.45, 7) is 1.49. The number of alkyl halides is 3. The molecule has 12 heteroatoms. The molecule has 27 heavy (non-hydrogen) atoms. The first-order chi connectivity index (χ1) is 12.4. The lowest BCUT2D eigenvalue weighted by atomic mass is 10.1. The van der Waals surface area contributed by atoms with Crippen LogP contribution in [-0.4, -0.2) is 33.8 Å². The van der Waals surface area contributed by atoms with Crippen molar-refractivity contribution in [3.05, 3.63) is 56.8 Å². The number of H-pyrrole nitrogens is 1. The van der Waals surface area contributed by atoms with Gasteiger partial charge in [0.2, 0.25) is 0 Å². The summed E-state index contributed by atoms with van der Waals surface area (Å²) in [5.74, 6) is -0.641. The fourth-order valence-electron chi connectivity index (χ4n) is 2.70. The number of nitrogens with one attached hydrogen (secondary N) is 1. The molecule has 0 atom stereocenters. The van der Waals surface area contributed by atoms with Gasteiger partial charge in [-0.05, 0) is 19.1 Å². The molecule has 144 valence electrons. The molecular weight excluding hydrogens is 389 g/mol. The predicted molar refractivity (Wildman–Crippen MR) is 90.5 cm³/mol. The first kappa shape index (κ1) is 18.9. The highest BCUT2D eigenvalue weighted by Crippen LogP contribution is 2.35. The molecule has 2 heterocycles. The summed E-state index contributed by atoms with van der Waals surface area (Å²) >= 11 is 0. The molecule has 3 rings (SSSR count). The third-order valence-corrected chi connectivity index (χ3v) is 4.58. The van der Waals surface area contributed by atoms with Crippen molar-refractivity contribution < 1.29 is 21.6 Å². The molecule has 0 aliphatic rings. The van der Waals surface area contributed by atoms with Crippen LogP contribution in [-0.2, 0) is 21.9 Å². The van der Waals surface area contributed by atoms with E-state index in [1.54, 1.807) is 0 Å². The second kappa shape index (κ2) is 6.08. The number of hydrogen-bond acceptors (Lipinski definition) is 5. The summed E-state index contributed by atoms with van der Waals surface area (Å²) in [6.07, 6.45) is -1.34. The van der Waals surface area contributed by atoms with Gasteiger partial charge in [-0.25, -0.2) is 22.8 Å². The molecule has 2 aromatic heterocycles. The van der Waals surface area contributed by atoms with Crippen LogP contribution in [0.2, 0.25) is 0 Å². The van der Waals surface area contributed by atoms with Gasteiger partial charge in [-0.3, -0.25) is 4.79 Å². The zero-order valence-electron chi connectivity index (χ0n) is 14.0. The molecule has 3 aromatic rings. The van der Waals surface area contributed by atoms with Crippen molar-refractivity contribution >= 4 is 20.7 Å². The predicted octanol–water partition coefficient (Wildman–Crippen LogP) is 1.20. The zero-order chi connectivity index (χ0) is 20.1. The van der Waals surface area contributed by atoms with Crippen molar-refractivity contribution in [3.8, 4) is 5.69 Å². The van der Waals surface area contributed by atoms with Crippen molar-refractivity contribution in [2.24, 2.45) is 0 Å². The Morgan fingerprint density at radius 1 is 1.22 bits per heavy atom. The lowest BCUT2D eigenvalue weighted by Gasteiger charge is -2.16. The van der Waals surface area contributed by atoms with E-state index in [0.29, 0.717) is 10.6 Å². The average Bonchev–Trinajstić information content (AvgIpc) is 2.94. The minimum atomic E-state index is -4.77. The number of aromatic amines is 1. The number of fused-ring (bicyclic) bond motifs is 1. The highest BCUT2D eigenvalue weighted by atomic mass is 32.2. The van der Waals surface area contributed by atoms with Crippen molar-refractivity contribution in [1.29, 1.82) is 0 Å². The van der Waals surface area contributed by atoms with E-state index in [1.165, 1.54) is 19.3 Å². The molecule has 0 saturated heterocycles. The van der Waals surface area contributed by atoms with Crippen LogP contribution in [0.15, 0.2) is 34.1 Å². The second-order valence-electron chi connectivity index (χ2n) is 5.98. The maximum atomic E-state index is 13.5. The third-order valence-electron chi connectivity index (χ3n) is 3.85. The summed E-state index contributed by atoms with van der Waals surface area (Å²) in [4.78, 5) is 30.6. The van der Waals surface area contributed by atoms with Gasteiger partial charge in [0.1, 0.15) is 11.7 Å². The monoisotopic (exact) mass is 402 g/mol. The summed E-state index contributed by atoms with van der Waals surface area (Å²) in [7, 11) is -3.73. The molecule has 8 nitrogen and oxygen atoms in total. The minimum absolute atomic E-state index is 0.251. The smallest absolute Gasteiger partial charge is 0.307 e. The van der Waals surface area contributed by atoms with E-state index >= 15 is 0 Å². The number of sulfone groups is 1. The van der Waals surface area contributed by atoms with Crippen molar-refractivity contribution in [2.45, 2.75) is 19.0 Å². The molecule has 0 amide bonds. The number of imidazole rings is 1. The van der Waals surface area contributed by atoms with E-state index in [1.807, 2.05) is 0 Å². The Labute approximate surface area is 149 Å².